The molecule has 0 spiro atoms. The van der Waals surface area contributed by atoms with Gasteiger partial charge in [0.05, 0.1) is 0 Å². The Morgan fingerprint density at radius 2 is 1.76 bits per heavy atom. The Labute approximate surface area is 146 Å². The Bertz CT molecular complexity index is 910. The zero-order valence-corrected chi connectivity index (χ0v) is 14.6. The maximum Gasteiger partial charge on any atom is 0.201 e. The molecule has 0 aromatic heterocycles. The first kappa shape index (κ1) is 17.6. The lowest BCUT2D eigenvalue weighted by Gasteiger charge is -2.33. The van der Waals surface area contributed by atoms with Crippen molar-refractivity contribution in [2.75, 3.05) is 0 Å². The van der Waals surface area contributed by atoms with Crippen molar-refractivity contribution >= 4 is 16.5 Å². The Morgan fingerprint density at radius 1 is 1.08 bits per heavy atom. The molecule has 1 aliphatic rings. The average Bonchev–Trinajstić information content (AvgIpc) is 2.55. The molecule has 0 amide bonds. The molecule has 4 nitrogen and oxygen atoms in total. The van der Waals surface area contributed by atoms with Crippen LogP contribution in [0.3, 0.4) is 0 Å². The van der Waals surface area contributed by atoms with Gasteiger partial charge in [0.15, 0.2) is 11.4 Å². The summed E-state index contributed by atoms with van der Waals surface area (Å²) >= 11 is 0. The second-order valence-electron chi connectivity index (χ2n) is 6.23. The SMILES string of the molecule is CC1(C)Oc2cc(CN[SH](=O)=O)ccc2C(c2ccc(F)cc2)=C1F. The predicted octanol–water partition coefficient (Wildman–Crippen LogP) is 3.34. The van der Waals surface area contributed by atoms with Crippen LogP contribution in [0.4, 0.5) is 8.78 Å². The number of hydrogen-bond donors (Lipinski definition) is 2. The van der Waals surface area contributed by atoms with E-state index in [1.165, 1.54) is 24.3 Å². The molecule has 25 heavy (non-hydrogen) atoms. The van der Waals surface area contributed by atoms with Crippen LogP contribution in [0, 0.1) is 5.82 Å². The molecular weight excluding hydrogens is 348 g/mol. The van der Waals surface area contributed by atoms with Gasteiger partial charge in [-0.25, -0.2) is 21.9 Å². The van der Waals surface area contributed by atoms with Crippen molar-refractivity contribution in [1.82, 2.24) is 4.72 Å². The molecule has 0 fully saturated rings. The van der Waals surface area contributed by atoms with E-state index in [1.54, 1.807) is 32.0 Å². The fraction of sp³-hybridized carbons (Fsp3) is 0.222. The standard InChI is InChI=1S/C18H17F2NO3S/c1-18(2)17(20)16(12-4-6-13(19)7-5-12)14-8-3-11(9-15(14)24-18)10-21-25(22)23/h3-9,25H,10H2,1-2H3,(H,21,22,23). The van der Waals surface area contributed by atoms with Crippen molar-refractivity contribution in [3.05, 3.63) is 70.8 Å². The van der Waals surface area contributed by atoms with E-state index in [2.05, 4.69) is 4.72 Å². The van der Waals surface area contributed by atoms with Gasteiger partial charge in [-0.15, -0.1) is 0 Å². The van der Waals surface area contributed by atoms with Gasteiger partial charge in [-0.1, -0.05) is 24.3 Å². The summed E-state index contributed by atoms with van der Waals surface area (Å²) in [6.45, 7) is 3.33. The largest absolute Gasteiger partial charge is 0.480 e. The van der Waals surface area contributed by atoms with Crippen molar-refractivity contribution in [3.63, 3.8) is 0 Å². The maximum atomic E-state index is 15.0. The van der Waals surface area contributed by atoms with Gasteiger partial charge >= 0.3 is 0 Å². The van der Waals surface area contributed by atoms with E-state index >= 15 is 4.39 Å². The number of thiol groups is 1. The minimum atomic E-state index is -2.71. The molecule has 1 aliphatic heterocycles. The van der Waals surface area contributed by atoms with Crippen molar-refractivity contribution < 1.29 is 21.9 Å². The third-order valence-electron chi connectivity index (χ3n) is 3.97. The average molecular weight is 365 g/mol. The van der Waals surface area contributed by atoms with Crippen LogP contribution in [0.2, 0.25) is 0 Å². The predicted molar refractivity (Wildman–Crippen MR) is 91.8 cm³/mol. The lowest BCUT2D eigenvalue weighted by Crippen LogP contribution is -2.33. The number of halogens is 2. The van der Waals surface area contributed by atoms with Crippen LogP contribution in [0.15, 0.2) is 48.3 Å². The highest BCUT2D eigenvalue weighted by Crippen LogP contribution is 2.44. The molecule has 0 saturated heterocycles. The van der Waals surface area contributed by atoms with Crippen LogP contribution in [0.5, 0.6) is 5.75 Å². The zero-order chi connectivity index (χ0) is 18.2. The summed E-state index contributed by atoms with van der Waals surface area (Å²) in [6.07, 6.45) is 0. The first-order valence-electron chi connectivity index (χ1n) is 7.64. The summed E-state index contributed by atoms with van der Waals surface area (Å²) in [7, 11) is -2.71. The normalized spacial score (nSPS) is 15.9. The van der Waals surface area contributed by atoms with E-state index < -0.39 is 28.1 Å². The number of fused-ring (bicyclic) bond motifs is 1. The third kappa shape index (κ3) is 3.57. The molecule has 1 heterocycles. The Morgan fingerprint density at radius 3 is 2.40 bits per heavy atom. The molecule has 2 aromatic rings. The first-order valence-corrected chi connectivity index (χ1v) is 8.82. The molecule has 0 aliphatic carbocycles. The molecule has 7 heteroatoms. The summed E-state index contributed by atoms with van der Waals surface area (Å²) in [4.78, 5) is 0. The van der Waals surface area contributed by atoms with Crippen molar-refractivity contribution in [1.29, 1.82) is 0 Å². The summed E-state index contributed by atoms with van der Waals surface area (Å²) in [5.74, 6) is -0.393. The van der Waals surface area contributed by atoms with Gasteiger partial charge in [0, 0.05) is 17.7 Å². The molecule has 2 aromatic carbocycles. The lowest BCUT2D eigenvalue weighted by molar-refractivity contribution is 0.117. The van der Waals surface area contributed by atoms with Crippen LogP contribution in [0.1, 0.15) is 30.5 Å². The Balaban J connectivity index is 2.10. The topological polar surface area (TPSA) is 55.4 Å². The molecule has 0 saturated carbocycles. The van der Waals surface area contributed by atoms with Crippen LogP contribution in [-0.4, -0.2) is 14.0 Å². The van der Waals surface area contributed by atoms with Gasteiger partial charge in [0.2, 0.25) is 10.9 Å². The quantitative estimate of drug-likeness (QED) is 0.817. The van der Waals surface area contributed by atoms with E-state index in [-0.39, 0.29) is 6.54 Å². The smallest absolute Gasteiger partial charge is 0.201 e. The minimum Gasteiger partial charge on any atom is -0.480 e. The molecule has 132 valence electrons. The highest BCUT2D eigenvalue weighted by molar-refractivity contribution is 7.70. The van der Waals surface area contributed by atoms with Crippen LogP contribution in [0.25, 0.3) is 5.57 Å². The number of hydrogen-bond acceptors (Lipinski definition) is 3. The van der Waals surface area contributed by atoms with E-state index in [9.17, 15) is 12.8 Å². The summed E-state index contributed by atoms with van der Waals surface area (Å²) < 4.78 is 57.7. The Kier molecular flexibility index (Phi) is 4.62. The second-order valence-corrected chi connectivity index (χ2v) is 7.06. The van der Waals surface area contributed by atoms with Crippen molar-refractivity contribution in [2.45, 2.75) is 26.0 Å². The van der Waals surface area contributed by atoms with Gasteiger partial charge < -0.3 is 4.74 Å². The van der Waals surface area contributed by atoms with Crippen LogP contribution >= 0.6 is 0 Å². The summed E-state index contributed by atoms with van der Waals surface area (Å²) in [5, 5.41) is 0. The number of benzene rings is 2. The maximum absolute atomic E-state index is 15.0. The van der Waals surface area contributed by atoms with E-state index in [1.807, 2.05) is 0 Å². The van der Waals surface area contributed by atoms with Gasteiger partial charge in [-0.05, 0) is 43.2 Å². The highest BCUT2D eigenvalue weighted by Gasteiger charge is 2.36. The third-order valence-corrected chi connectivity index (χ3v) is 4.39. The van der Waals surface area contributed by atoms with Gasteiger partial charge in [-0.2, -0.15) is 0 Å². The number of rotatable bonds is 4. The fourth-order valence-corrected chi connectivity index (χ4v) is 3.07. The van der Waals surface area contributed by atoms with Crippen molar-refractivity contribution in [3.8, 4) is 5.75 Å². The van der Waals surface area contributed by atoms with Crippen molar-refractivity contribution in [2.24, 2.45) is 0 Å². The molecule has 0 radical (unpaired) electrons. The molecule has 3 rings (SSSR count). The first-order chi connectivity index (χ1) is 11.8. The van der Waals surface area contributed by atoms with E-state index in [0.717, 1.165) is 0 Å². The summed E-state index contributed by atoms with van der Waals surface area (Å²) in [6, 6.07) is 10.7. The van der Waals surface area contributed by atoms with E-state index in [0.29, 0.717) is 28.0 Å². The lowest BCUT2D eigenvalue weighted by atomic mass is 9.88. The number of ether oxygens (including phenoxy) is 1. The molecular formula is C18H17F2NO3S. The molecule has 0 unspecified atom stereocenters. The number of nitrogens with one attached hydrogen (secondary N) is 1. The van der Waals surface area contributed by atoms with Gasteiger partial charge in [0.25, 0.3) is 0 Å². The van der Waals surface area contributed by atoms with Gasteiger partial charge in [-0.3, -0.25) is 0 Å². The Hall–Kier alpha value is -2.25. The highest BCUT2D eigenvalue weighted by atomic mass is 32.2. The monoisotopic (exact) mass is 365 g/mol. The summed E-state index contributed by atoms with van der Waals surface area (Å²) in [5.41, 5.74) is 0.936. The van der Waals surface area contributed by atoms with Crippen LogP contribution in [-0.2, 0) is 17.4 Å². The molecule has 1 N–H and O–H groups in total. The second kappa shape index (κ2) is 6.57. The molecule has 0 atom stereocenters. The fourth-order valence-electron chi connectivity index (χ4n) is 2.76. The zero-order valence-electron chi connectivity index (χ0n) is 13.7. The minimum absolute atomic E-state index is 0.119. The molecule has 0 bridgehead atoms. The van der Waals surface area contributed by atoms with E-state index in [4.69, 9.17) is 4.74 Å². The van der Waals surface area contributed by atoms with Gasteiger partial charge in [0.1, 0.15) is 11.6 Å². The van der Waals surface area contributed by atoms with Crippen LogP contribution < -0.4 is 9.46 Å².